The highest BCUT2D eigenvalue weighted by Gasteiger charge is 2.23. The van der Waals surface area contributed by atoms with Crippen LogP contribution >= 0.6 is 0 Å². The van der Waals surface area contributed by atoms with Crippen LogP contribution in [0.25, 0.3) is 0 Å². The van der Waals surface area contributed by atoms with Crippen molar-refractivity contribution in [3.05, 3.63) is 58.9 Å². The number of nitrogens with zero attached hydrogens (tertiary/aromatic N) is 1. The van der Waals surface area contributed by atoms with Gasteiger partial charge >= 0.3 is 0 Å². The van der Waals surface area contributed by atoms with E-state index < -0.39 is 0 Å². The molecule has 1 fully saturated rings. The Balaban J connectivity index is 1.53. The molecule has 0 aromatic heterocycles. The molecule has 1 aliphatic rings. The lowest BCUT2D eigenvalue weighted by Gasteiger charge is -2.34. The number of carbonyl (C=O) groups excluding carboxylic acids is 1. The van der Waals surface area contributed by atoms with E-state index in [0.29, 0.717) is 6.54 Å². The summed E-state index contributed by atoms with van der Waals surface area (Å²) in [5.74, 6) is -0.518. The highest BCUT2D eigenvalue weighted by molar-refractivity contribution is 5.91. The summed E-state index contributed by atoms with van der Waals surface area (Å²) in [6.07, 6.45) is 0. The number of benzene rings is 2. The molecule has 138 valence electrons. The zero-order valence-electron chi connectivity index (χ0n) is 15.7. The second kappa shape index (κ2) is 7.87. The van der Waals surface area contributed by atoms with Gasteiger partial charge in [-0.2, -0.15) is 0 Å². The molecule has 0 radical (unpaired) electrons. The van der Waals surface area contributed by atoms with Gasteiger partial charge in [-0.3, -0.25) is 4.79 Å². The summed E-state index contributed by atoms with van der Waals surface area (Å²) >= 11 is 0. The van der Waals surface area contributed by atoms with Crippen LogP contribution in [0.4, 0.5) is 15.8 Å². The minimum absolute atomic E-state index is 0.136. The molecule has 2 N–H and O–H groups in total. The van der Waals surface area contributed by atoms with Crippen molar-refractivity contribution in [2.45, 2.75) is 20.8 Å². The third kappa shape index (κ3) is 4.22. The Hall–Kier alpha value is -2.40. The quantitative estimate of drug-likeness (QED) is 0.880. The Labute approximate surface area is 154 Å². The number of quaternary nitrogens is 1. The summed E-state index contributed by atoms with van der Waals surface area (Å²) in [5, 5.41) is 2.70. The molecule has 5 heteroatoms. The molecule has 0 atom stereocenters. The van der Waals surface area contributed by atoms with E-state index >= 15 is 0 Å². The van der Waals surface area contributed by atoms with E-state index in [1.54, 1.807) is 12.1 Å². The molecule has 1 amide bonds. The number of amides is 1. The van der Waals surface area contributed by atoms with E-state index in [0.717, 1.165) is 31.7 Å². The first-order chi connectivity index (χ1) is 12.4. The lowest BCUT2D eigenvalue weighted by Crippen LogP contribution is -3.15. The average Bonchev–Trinajstić information content (AvgIpc) is 2.61. The number of hydrogen-bond donors (Lipinski definition) is 2. The molecule has 2 aromatic carbocycles. The van der Waals surface area contributed by atoms with Gasteiger partial charge in [-0.25, -0.2) is 4.39 Å². The van der Waals surface area contributed by atoms with Crippen LogP contribution in [-0.2, 0) is 4.79 Å². The number of nitrogens with one attached hydrogen (secondary N) is 2. The maximum atomic E-state index is 13.9. The van der Waals surface area contributed by atoms with Gasteiger partial charge in [0.2, 0.25) is 0 Å². The molecular weight excluding hydrogens is 329 g/mol. The topological polar surface area (TPSA) is 36.8 Å². The highest BCUT2D eigenvalue weighted by Crippen LogP contribution is 2.22. The minimum atomic E-state index is -0.381. The van der Waals surface area contributed by atoms with Gasteiger partial charge in [-0.1, -0.05) is 18.2 Å². The predicted octanol–water partition coefficient (Wildman–Crippen LogP) is 2.09. The van der Waals surface area contributed by atoms with E-state index in [1.807, 2.05) is 6.92 Å². The van der Waals surface area contributed by atoms with Crippen LogP contribution in [0.1, 0.15) is 16.7 Å². The molecule has 0 saturated carbocycles. The maximum Gasteiger partial charge on any atom is 0.279 e. The van der Waals surface area contributed by atoms with E-state index in [4.69, 9.17) is 0 Å². The normalized spacial score (nSPS) is 15.2. The molecule has 26 heavy (non-hydrogen) atoms. The third-order valence-electron chi connectivity index (χ3n) is 5.20. The van der Waals surface area contributed by atoms with Crippen molar-refractivity contribution >= 4 is 17.3 Å². The Bertz CT molecular complexity index is 798. The van der Waals surface area contributed by atoms with Crippen molar-refractivity contribution < 1.29 is 14.1 Å². The monoisotopic (exact) mass is 356 g/mol. The molecule has 2 aromatic rings. The van der Waals surface area contributed by atoms with E-state index in [2.05, 4.69) is 42.3 Å². The van der Waals surface area contributed by atoms with Gasteiger partial charge in [0.25, 0.3) is 5.91 Å². The van der Waals surface area contributed by atoms with E-state index in [9.17, 15) is 9.18 Å². The van der Waals surface area contributed by atoms with Crippen molar-refractivity contribution in [1.82, 2.24) is 0 Å². The van der Waals surface area contributed by atoms with Crippen LogP contribution in [0.15, 0.2) is 36.4 Å². The summed E-state index contributed by atoms with van der Waals surface area (Å²) in [7, 11) is 0. The van der Waals surface area contributed by atoms with Gasteiger partial charge in [0, 0.05) is 5.69 Å². The largest absolute Gasteiger partial charge is 0.360 e. The Kier molecular flexibility index (Phi) is 5.57. The molecular formula is C21H27FN3O+. The molecule has 0 bridgehead atoms. The van der Waals surface area contributed by atoms with Crippen LogP contribution < -0.4 is 15.1 Å². The first-order valence-corrected chi connectivity index (χ1v) is 9.15. The molecule has 4 nitrogen and oxygen atoms in total. The van der Waals surface area contributed by atoms with Gasteiger partial charge in [-0.15, -0.1) is 0 Å². The number of anilines is 2. The van der Waals surface area contributed by atoms with Gasteiger partial charge in [0.15, 0.2) is 6.54 Å². The smallest absolute Gasteiger partial charge is 0.279 e. The lowest BCUT2D eigenvalue weighted by atomic mass is 10.1. The zero-order chi connectivity index (χ0) is 18.7. The van der Waals surface area contributed by atoms with Crippen molar-refractivity contribution in [1.29, 1.82) is 0 Å². The number of halogens is 1. The van der Waals surface area contributed by atoms with Crippen LogP contribution in [0, 0.1) is 26.6 Å². The van der Waals surface area contributed by atoms with E-state index in [-0.39, 0.29) is 17.4 Å². The number of carbonyl (C=O) groups is 1. The summed E-state index contributed by atoms with van der Waals surface area (Å²) in [5.41, 5.74) is 5.01. The summed E-state index contributed by atoms with van der Waals surface area (Å²) in [6, 6.07) is 11.3. The Morgan fingerprint density at radius 1 is 1.15 bits per heavy atom. The molecule has 3 rings (SSSR count). The van der Waals surface area contributed by atoms with Gasteiger partial charge < -0.3 is 15.1 Å². The van der Waals surface area contributed by atoms with Crippen LogP contribution in [0.5, 0.6) is 0 Å². The standard InChI is InChI=1S/C21H26FN3O/c1-15-7-8-19(18(22)13-15)23-21(26)14-24-9-11-25(12-10-24)20-6-4-5-16(2)17(20)3/h4-8,13H,9-12,14H2,1-3H3,(H,23,26)/p+1. The molecule has 0 spiro atoms. The fourth-order valence-electron chi connectivity index (χ4n) is 3.46. The first-order valence-electron chi connectivity index (χ1n) is 9.15. The molecule has 1 saturated heterocycles. The van der Waals surface area contributed by atoms with Crippen molar-refractivity contribution in [2.75, 3.05) is 42.9 Å². The number of aryl methyl sites for hydroxylation is 2. The molecule has 0 aliphatic carbocycles. The zero-order valence-corrected chi connectivity index (χ0v) is 15.7. The van der Waals surface area contributed by atoms with Gasteiger partial charge in [-0.05, 0) is 55.7 Å². The average molecular weight is 356 g/mol. The summed E-state index contributed by atoms with van der Waals surface area (Å²) < 4.78 is 13.9. The third-order valence-corrected chi connectivity index (χ3v) is 5.20. The van der Waals surface area contributed by atoms with Crippen molar-refractivity contribution in [3.63, 3.8) is 0 Å². The fourth-order valence-corrected chi connectivity index (χ4v) is 3.46. The second-order valence-electron chi connectivity index (χ2n) is 7.16. The first kappa shape index (κ1) is 18.4. The SMILES string of the molecule is Cc1ccc(NC(=O)C[NH+]2CCN(c3cccc(C)c3C)CC2)c(F)c1. The second-order valence-corrected chi connectivity index (χ2v) is 7.16. The molecule has 0 unspecified atom stereocenters. The minimum Gasteiger partial charge on any atom is -0.360 e. The van der Waals surface area contributed by atoms with Gasteiger partial charge in [0.05, 0.1) is 31.9 Å². The maximum absolute atomic E-state index is 13.9. The van der Waals surface area contributed by atoms with Gasteiger partial charge in [0.1, 0.15) is 5.82 Å². The van der Waals surface area contributed by atoms with Crippen LogP contribution in [-0.4, -0.2) is 38.6 Å². The summed E-state index contributed by atoms with van der Waals surface area (Å²) in [4.78, 5) is 15.9. The number of rotatable bonds is 4. The van der Waals surface area contributed by atoms with Crippen LogP contribution in [0.2, 0.25) is 0 Å². The fraction of sp³-hybridized carbons (Fsp3) is 0.381. The lowest BCUT2D eigenvalue weighted by molar-refractivity contribution is -0.892. The molecule has 1 heterocycles. The van der Waals surface area contributed by atoms with Crippen LogP contribution in [0.3, 0.4) is 0 Å². The Morgan fingerprint density at radius 2 is 1.88 bits per heavy atom. The number of piperazine rings is 1. The Morgan fingerprint density at radius 3 is 2.58 bits per heavy atom. The van der Waals surface area contributed by atoms with Crippen molar-refractivity contribution in [2.24, 2.45) is 0 Å². The van der Waals surface area contributed by atoms with Crippen molar-refractivity contribution in [3.8, 4) is 0 Å². The summed E-state index contributed by atoms with van der Waals surface area (Å²) in [6.45, 7) is 10.1. The predicted molar refractivity (Wildman–Crippen MR) is 103 cm³/mol. The highest BCUT2D eigenvalue weighted by atomic mass is 19.1. The van der Waals surface area contributed by atoms with E-state index in [1.165, 1.54) is 27.8 Å². The molecule has 1 aliphatic heterocycles. The number of hydrogen-bond acceptors (Lipinski definition) is 2.